The third-order valence-corrected chi connectivity index (χ3v) is 4.77. The van der Waals surface area contributed by atoms with Crippen molar-refractivity contribution in [2.45, 2.75) is 45.3 Å². The highest BCUT2D eigenvalue weighted by Gasteiger charge is 2.32. The number of halogens is 1. The Morgan fingerprint density at radius 2 is 2.07 bits per heavy atom. The molecule has 3 rings (SSSR count). The molecular formula is C22H26ClN3O3. The smallest absolute Gasteiger partial charge is 0.410 e. The molecule has 0 spiro atoms. The van der Waals surface area contributed by atoms with Gasteiger partial charge in [-0.1, -0.05) is 23.8 Å². The predicted octanol–water partition coefficient (Wildman–Crippen LogP) is 5.08. The molecule has 0 N–H and O–H groups in total. The second-order valence-electron chi connectivity index (χ2n) is 7.95. The lowest BCUT2D eigenvalue weighted by Crippen LogP contribution is -2.42. The fourth-order valence-electron chi connectivity index (χ4n) is 3.06. The number of rotatable bonds is 5. The van der Waals surface area contributed by atoms with Crippen molar-refractivity contribution in [3.05, 3.63) is 53.1 Å². The minimum Gasteiger partial charge on any atom is -0.490 e. The first-order chi connectivity index (χ1) is 13.8. The lowest BCUT2D eigenvalue weighted by Gasteiger charge is -2.28. The van der Waals surface area contributed by atoms with Crippen molar-refractivity contribution in [1.29, 1.82) is 0 Å². The monoisotopic (exact) mass is 415 g/mol. The maximum atomic E-state index is 12.4. The van der Waals surface area contributed by atoms with Crippen LogP contribution in [0.1, 0.15) is 44.7 Å². The van der Waals surface area contributed by atoms with Crippen LogP contribution in [0, 0.1) is 0 Å². The van der Waals surface area contributed by atoms with Crippen molar-refractivity contribution < 1.29 is 14.3 Å². The summed E-state index contributed by atoms with van der Waals surface area (Å²) in [5.41, 5.74) is 1.26. The molecule has 1 saturated heterocycles. The van der Waals surface area contributed by atoms with E-state index in [1.165, 1.54) is 0 Å². The molecule has 1 fully saturated rings. The van der Waals surface area contributed by atoms with E-state index in [2.05, 4.69) is 9.97 Å². The van der Waals surface area contributed by atoms with Crippen LogP contribution >= 0.6 is 11.6 Å². The third kappa shape index (κ3) is 6.19. The highest BCUT2D eigenvalue weighted by atomic mass is 35.5. The topological polar surface area (TPSA) is 64.5 Å². The predicted molar refractivity (Wildman–Crippen MR) is 114 cm³/mol. The third-order valence-electron chi connectivity index (χ3n) is 4.45. The van der Waals surface area contributed by atoms with Crippen molar-refractivity contribution in [1.82, 2.24) is 14.9 Å². The number of amides is 1. The van der Waals surface area contributed by atoms with Crippen molar-refractivity contribution in [2.24, 2.45) is 0 Å². The molecule has 0 radical (unpaired) electrons. The number of hydrogen-bond donors (Lipinski definition) is 0. The van der Waals surface area contributed by atoms with Crippen molar-refractivity contribution in [3.63, 3.8) is 0 Å². The first-order valence-electron chi connectivity index (χ1n) is 9.68. The van der Waals surface area contributed by atoms with Crippen LogP contribution in [0.5, 0.6) is 5.75 Å². The largest absolute Gasteiger partial charge is 0.490 e. The summed E-state index contributed by atoms with van der Waals surface area (Å²) in [4.78, 5) is 22.4. The number of pyridine rings is 2. The van der Waals surface area contributed by atoms with Crippen LogP contribution < -0.4 is 4.74 Å². The Hall–Kier alpha value is -2.60. The highest BCUT2D eigenvalue weighted by molar-refractivity contribution is 6.31. The van der Waals surface area contributed by atoms with Crippen LogP contribution in [0.25, 0.3) is 12.2 Å². The Morgan fingerprint density at radius 1 is 1.31 bits per heavy atom. The van der Waals surface area contributed by atoms with Gasteiger partial charge >= 0.3 is 6.09 Å². The molecule has 1 aliphatic rings. The van der Waals surface area contributed by atoms with Crippen molar-refractivity contribution >= 4 is 29.8 Å². The number of likely N-dealkylation sites (tertiary alicyclic amines) is 1. The lowest BCUT2D eigenvalue weighted by molar-refractivity contribution is 0.0187. The van der Waals surface area contributed by atoms with E-state index in [1.54, 1.807) is 23.5 Å². The van der Waals surface area contributed by atoms with E-state index in [4.69, 9.17) is 21.1 Å². The zero-order chi connectivity index (χ0) is 20.9. The van der Waals surface area contributed by atoms with Crippen LogP contribution in [-0.2, 0) is 4.74 Å². The summed E-state index contributed by atoms with van der Waals surface area (Å²) in [7, 11) is 0. The molecule has 0 unspecified atom stereocenters. The molecule has 0 bridgehead atoms. The summed E-state index contributed by atoms with van der Waals surface area (Å²) in [6, 6.07) is 5.64. The summed E-state index contributed by atoms with van der Waals surface area (Å²) >= 11 is 6.22. The summed E-state index contributed by atoms with van der Waals surface area (Å²) < 4.78 is 11.4. The Labute approximate surface area is 176 Å². The number of ether oxygens (including phenoxy) is 2. The van der Waals surface area contributed by atoms with Crippen LogP contribution in [0.2, 0.25) is 5.15 Å². The van der Waals surface area contributed by atoms with Gasteiger partial charge in [0.15, 0.2) is 0 Å². The van der Waals surface area contributed by atoms with Gasteiger partial charge in [-0.25, -0.2) is 9.78 Å². The molecule has 0 aromatic carbocycles. The van der Waals surface area contributed by atoms with Gasteiger partial charge in [0.1, 0.15) is 23.1 Å². The Bertz CT molecular complexity index is 865. The molecule has 0 saturated carbocycles. The summed E-state index contributed by atoms with van der Waals surface area (Å²) in [5, 5.41) is 0.402. The quantitative estimate of drug-likeness (QED) is 0.637. The maximum Gasteiger partial charge on any atom is 0.410 e. The first-order valence-corrected chi connectivity index (χ1v) is 10.1. The minimum absolute atomic E-state index is 0.0173. The molecular weight excluding hydrogens is 390 g/mol. The zero-order valence-electron chi connectivity index (χ0n) is 17.0. The first kappa shape index (κ1) is 21.1. The van der Waals surface area contributed by atoms with Crippen LogP contribution in [-0.4, -0.2) is 45.8 Å². The SMILES string of the molecule is CC(C)(C)OC(=O)N1CCC[C@H]1COc1cnc(Cl)c(C=Cc2ccncc2)c1. The molecule has 3 heterocycles. The summed E-state index contributed by atoms with van der Waals surface area (Å²) in [6.07, 6.45) is 10.4. The van der Waals surface area contributed by atoms with Gasteiger partial charge in [-0.2, -0.15) is 0 Å². The minimum atomic E-state index is -0.513. The van der Waals surface area contributed by atoms with Gasteiger partial charge in [0.05, 0.1) is 12.2 Å². The Kier molecular flexibility index (Phi) is 6.75. The molecule has 1 aliphatic heterocycles. The fourth-order valence-corrected chi connectivity index (χ4v) is 3.23. The molecule has 1 atom stereocenters. The molecule has 2 aromatic heterocycles. The average Bonchev–Trinajstić information content (AvgIpc) is 3.15. The van der Waals surface area contributed by atoms with Crippen LogP contribution in [0.3, 0.4) is 0 Å². The van der Waals surface area contributed by atoms with Crippen LogP contribution in [0.4, 0.5) is 4.79 Å². The number of aromatic nitrogens is 2. The van der Waals surface area contributed by atoms with Gasteiger partial charge in [-0.3, -0.25) is 4.98 Å². The number of carbonyl (C=O) groups is 1. The maximum absolute atomic E-state index is 12.4. The normalized spacial score (nSPS) is 17.0. The van der Waals surface area contributed by atoms with E-state index < -0.39 is 5.60 Å². The van der Waals surface area contributed by atoms with E-state index >= 15 is 0 Å². The fraction of sp³-hybridized carbons (Fsp3) is 0.409. The van der Waals surface area contributed by atoms with Gasteiger partial charge in [0.2, 0.25) is 0 Å². The van der Waals surface area contributed by atoms with Gasteiger partial charge < -0.3 is 14.4 Å². The average molecular weight is 416 g/mol. The van der Waals surface area contributed by atoms with Crippen molar-refractivity contribution in [3.8, 4) is 5.75 Å². The van der Waals surface area contributed by atoms with E-state index in [0.29, 0.717) is 24.1 Å². The number of carbonyl (C=O) groups excluding carboxylic acids is 1. The molecule has 7 heteroatoms. The Morgan fingerprint density at radius 3 is 2.79 bits per heavy atom. The molecule has 1 amide bonds. The standard InChI is InChI=1S/C22H26ClN3O3/c1-22(2,3)29-21(27)26-12-4-5-18(26)15-28-19-13-17(20(23)25-14-19)7-6-16-8-10-24-11-9-16/h6-11,13-14,18H,4-5,12,15H2,1-3H3/t18-/m0/s1. The molecule has 0 aliphatic carbocycles. The zero-order valence-corrected chi connectivity index (χ0v) is 17.7. The molecule has 29 heavy (non-hydrogen) atoms. The van der Waals surface area contributed by atoms with E-state index in [1.807, 2.05) is 51.1 Å². The lowest BCUT2D eigenvalue weighted by atomic mass is 10.2. The van der Waals surface area contributed by atoms with Gasteiger partial charge in [-0.15, -0.1) is 0 Å². The summed E-state index contributed by atoms with van der Waals surface area (Å²) in [6.45, 7) is 6.67. The van der Waals surface area contributed by atoms with E-state index in [-0.39, 0.29) is 12.1 Å². The second kappa shape index (κ2) is 9.27. The molecule has 6 nitrogen and oxygen atoms in total. The molecule has 2 aromatic rings. The molecule has 154 valence electrons. The summed E-state index contributed by atoms with van der Waals surface area (Å²) in [5.74, 6) is 0.611. The number of nitrogens with zero attached hydrogens (tertiary/aromatic N) is 3. The van der Waals surface area contributed by atoms with Gasteiger partial charge in [0.25, 0.3) is 0 Å². The van der Waals surface area contributed by atoms with E-state index in [9.17, 15) is 4.79 Å². The van der Waals surface area contributed by atoms with E-state index in [0.717, 1.165) is 24.0 Å². The van der Waals surface area contributed by atoms with Crippen LogP contribution in [0.15, 0.2) is 36.8 Å². The number of hydrogen-bond acceptors (Lipinski definition) is 5. The van der Waals surface area contributed by atoms with Gasteiger partial charge in [-0.05, 0) is 57.4 Å². The highest BCUT2D eigenvalue weighted by Crippen LogP contribution is 2.24. The Balaban J connectivity index is 1.63. The van der Waals surface area contributed by atoms with Crippen molar-refractivity contribution in [2.75, 3.05) is 13.2 Å². The second-order valence-corrected chi connectivity index (χ2v) is 8.30. The van der Waals surface area contributed by atoms with Gasteiger partial charge in [0, 0.05) is 24.5 Å².